The van der Waals surface area contributed by atoms with Crippen molar-refractivity contribution in [2.75, 3.05) is 19.3 Å². The van der Waals surface area contributed by atoms with Gasteiger partial charge in [0.1, 0.15) is 0 Å². The summed E-state index contributed by atoms with van der Waals surface area (Å²) in [5.41, 5.74) is 0.704. The van der Waals surface area contributed by atoms with Gasteiger partial charge in [0.15, 0.2) is 0 Å². The van der Waals surface area contributed by atoms with Crippen LogP contribution in [0, 0.1) is 0 Å². The van der Waals surface area contributed by atoms with Gasteiger partial charge in [0, 0.05) is 18.7 Å². The van der Waals surface area contributed by atoms with Crippen LogP contribution >= 0.6 is 11.6 Å². The van der Waals surface area contributed by atoms with Gasteiger partial charge in [0.2, 0.25) is 21.7 Å². The SMILES string of the molecule is CS(=O)(=O)N1CCCC(c2nc(-c3ccccc3Cl)no2)C1. The molecule has 1 aliphatic rings. The van der Waals surface area contributed by atoms with E-state index >= 15 is 0 Å². The van der Waals surface area contributed by atoms with Crippen molar-refractivity contribution in [2.45, 2.75) is 18.8 Å². The Morgan fingerprint density at radius 2 is 2.14 bits per heavy atom. The first-order chi connectivity index (χ1) is 10.4. The van der Waals surface area contributed by atoms with Crippen LogP contribution in [0.3, 0.4) is 0 Å². The third kappa shape index (κ3) is 3.16. The van der Waals surface area contributed by atoms with Gasteiger partial charge < -0.3 is 4.52 Å². The minimum atomic E-state index is -3.20. The van der Waals surface area contributed by atoms with E-state index in [2.05, 4.69) is 10.1 Å². The van der Waals surface area contributed by atoms with E-state index < -0.39 is 10.0 Å². The number of aromatic nitrogens is 2. The molecule has 0 amide bonds. The van der Waals surface area contributed by atoms with E-state index in [1.165, 1.54) is 10.6 Å². The van der Waals surface area contributed by atoms with Gasteiger partial charge in [0.25, 0.3) is 0 Å². The molecule has 0 saturated carbocycles. The molecule has 22 heavy (non-hydrogen) atoms. The lowest BCUT2D eigenvalue weighted by Gasteiger charge is -2.28. The second kappa shape index (κ2) is 5.98. The topological polar surface area (TPSA) is 76.3 Å². The van der Waals surface area contributed by atoms with Crippen molar-refractivity contribution in [3.63, 3.8) is 0 Å². The summed E-state index contributed by atoms with van der Waals surface area (Å²) in [6.07, 6.45) is 2.83. The Labute approximate surface area is 134 Å². The van der Waals surface area contributed by atoms with Crippen molar-refractivity contribution < 1.29 is 12.9 Å². The molecule has 1 atom stereocenters. The van der Waals surface area contributed by atoms with Gasteiger partial charge in [-0.05, 0) is 25.0 Å². The molecule has 0 bridgehead atoms. The van der Waals surface area contributed by atoms with Crippen molar-refractivity contribution in [2.24, 2.45) is 0 Å². The first-order valence-electron chi connectivity index (χ1n) is 6.99. The maximum atomic E-state index is 11.7. The number of sulfonamides is 1. The average molecular weight is 342 g/mol. The summed E-state index contributed by atoms with van der Waals surface area (Å²) in [6.45, 7) is 0.920. The maximum absolute atomic E-state index is 11.7. The molecule has 0 aliphatic carbocycles. The van der Waals surface area contributed by atoms with Crippen LogP contribution in [0.15, 0.2) is 28.8 Å². The van der Waals surface area contributed by atoms with E-state index in [1.807, 2.05) is 18.2 Å². The molecule has 3 rings (SSSR count). The summed E-state index contributed by atoms with van der Waals surface area (Å²) in [6, 6.07) is 7.26. The second-order valence-electron chi connectivity index (χ2n) is 5.40. The lowest BCUT2D eigenvalue weighted by Crippen LogP contribution is -2.38. The minimum Gasteiger partial charge on any atom is -0.339 e. The smallest absolute Gasteiger partial charge is 0.231 e. The molecule has 1 aromatic carbocycles. The van der Waals surface area contributed by atoms with Gasteiger partial charge in [-0.15, -0.1) is 0 Å². The molecule has 1 aromatic heterocycles. The Morgan fingerprint density at radius 3 is 2.86 bits per heavy atom. The van der Waals surface area contributed by atoms with Gasteiger partial charge in [0.05, 0.1) is 17.2 Å². The normalized spacial score (nSPS) is 20.2. The Morgan fingerprint density at radius 1 is 1.36 bits per heavy atom. The lowest BCUT2D eigenvalue weighted by atomic mass is 10.00. The number of benzene rings is 1. The molecule has 118 valence electrons. The number of rotatable bonds is 3. The van der Waals surface area contributed by atoms with E-state index in [9.17, 15) is 8.42 Å². The molecule has 1 aliphatic heterocycles. The van der Waals surface area contributed by atoms with Crippen LogP contribution in [0.25, 0.3) is 11.4 Å². The standard InChI is InChI=1S/C14H16ClN3O3S/c1-22(19,20)18-8-4-5-10(9-18)14-16-13(17-21-14)11-6-2-3-7-12(11)15/h2-3,6-7,10H,4-5,8-9H2,1H3. The van der Waals surface area contributed by atoms with E-state index in [-0.39, 0.29) is 5.92 Å². The Balaban J connectivity index is 1.84. The van der Waals surface area contributed by atoms with E-state index in [4.69, 9.17) is 16.1 Å². The average Bonchev–Trinajstić information content (AvgIpc) is 2.97. The Hall–Kier alpha value is -1.44. The molecule has 1 fully saturated rings. The summed E-state index contributed by atoms with van der Waals surface area (Å²) in [5.74, 6) is 0.813. The van der Waals surface area contributed by atoms with Crippen LogP contribution < -0.4 is 0 Å². The summed E-state index contributed by atoms with van der Waals surface area (Å²) in [4.78, 5) is 4.40. The maximum Gasteiger partial charge on any atom is 0.231 e. The summed E-state index contributed by atoms with van der Waals surface area (Å²) in [7, 11) is -3.20. The van der Waals surface area contributed by atoms with E-state index in [0.29, 0.717) is 35.4 Å². The van der Waals surface area contributed by atoms with Crippen molar-refractivity contribution in [1.82, 2.24) is 14.4 Å². The molecule has 1 unspecified atom stereocenters. The van der Waals surface area contributed by atoms with Crippen molar-refractivity contribution >= 4 is 21.6 Å². The lowest BCUT2D eigenvalue weighted by molar-refractivity contribution is 0.266. The highest BCUT2D eigenvalue weighted by Gasteiger charge is 2.30. The molecular weight excluding hydrogens is 326 g/mol. The summed E-state index contributed by atoms with van der Waals surface area (Å²) < 4.78 is 30.1. The van der Waals surface area contributed by atoms with Crippen LogP contribution in [0.4, 0.5) is 0 Å². The van der Waals surface area contributed by atoms with Gasteiger partial charge in [-0.3, -0.25) is 0 Å². The van der Waals surface area contributed by atoms with E-state index in [1.54, 1.807) is 6.07 Å². The monoisotopic (exact) mass is 341 g/mol. The Kier molecular flexibility index (Phi) is 4.20. The number of piperidine rings is 1. The molecule has 8 heteroatoms. The molecule has 0 spiro atoms. The first kappa shape index (κ1) is 15.5. The number of halogens is 1. The van der Waals surface area contributed by atoms with Crippen molar-refractivity contribution in [1.29, 1.82) is 0 Å². The predicted molar refractivity (Wildman–Crippen MR) is 83.1 cm³/mol. The molecule has 0 N–H and O–H groups in total. The molecular formula is C14H16ClN3O3S. The van der Waals surface area contributed by atoms with Gasteiger partial charge >= 0.3 is 0 Å². The van der Waals surface area contributed by atoms with Gasteiger partial charge in [-0.25, -0.2) is 12.7 Å². The fraction of sp³-hybridized carbons (Fsp3) is 0.429. The fourth-order valence-electron chi connectivity index (χ4n) is 2.60. The highest BCUT2D eigenvalue weighted by Crippen LogP contribution is 2.30. The number of nitrogens with zero attached hydrogens (tertiary/aromatic N) is 3. The third-order valence-corrected chi connectivity index (χ3v) is 5.36. The fourth-order valence-corrected chi connectivity index (χ4v) is 3.73. The summed E-state index contributed by atoms with van der Waals surface area (Å²) in [5, 5.41) is 4.52. The molecule has 2 aromatic rings. The minimum absolute atomic E-state index is 0.0767. The largest absolute Gasteiger partial charge is 0.339 e. The van der Waals surface area contributed by atoms with Gasteiger partial charge in [-0.2, -0.15) is 4.98 Å². The number of hydrogen-bond donors (Lipinski definition) is 0. The molecule has 2 heterocycles. The zero-order valence-corrected chi connectivity index (χ0v) is 13.6. The highest BCUT2D eigenvalue weighted by atomic mass is 35.5. The zero-order chi connectivity index (χ0) is 15.7. The first-order valence-corrected chi connectivity index (χ1v) is 9.21. The molecule has 1 saturated heterocycles. The highest BCUT2D eigenvalue weighted by molar-refractivity contribution is 7.88. The molecule has 6 nitrogen and oxygen atoms in total. The van der Waals surface area contributed by atoms with Crippen LogP contribution in [-0.4, -0.2) is 42.2 Å². The van der Waals surface area contributed by atoms with Crippen LogP contribution in [0.5, 0.6) is 0 Å². The summed E-state index contributed by atoms with van der Waals surface area (Å²) >= 11 is 6.13. The third-order valence-electron chi connectivity index (χ3n) is 3.76. The van der Waals surface area contributed by atoms with Crippen LogP contribution in [0.2, 0.25) is 5.02 Å². The van der Waals surface area contributed by atoms with E-state index in [0.717, 1.165) is 12.8 Å². The van der Waals surface area contributed by atoms with Crippen molar-refractivity contribution in [3.8, 4) is 11.4 Å². The second-order valence-corrected chi connectivity index (χ2v) is 7.79. The quantitative estimate of drug-likeness (QED) is 0.857. The van der Waals surface area contributed by atoms with Crippen LogP contribution in [0.1, 0.15) is 24.7 Å². The number of hydrogen-bond acceptors (Lipinski definition) is 5. The van der Waals surface area contributed by atoms with Crippen LogP contribution in [-0.2, 0) is 10.0 Å². The van der Waals surface area contributed by atoms with Gasteiger partial charge in [-0.1, -0.05) is 28.9 Å². The zero-order valence-electron chi connectivity index (χ0n) is 12.1. The predicted octanol–water partition coefficient (Wildman–Crippen LogP) is 2.53. The van der Waals surface area contributed by atoms with Crippen molar-refractivity contribution in [3.05, 3.63) is 35.2 Å². The Bertz CT molecular complexity index is 775. The molecule has 0 radical (unpaired) electrons.